The lowest BCUT2D eigenvalue weighted by Crippen LogP contribution is -2.11. The Morgan fingerprint density at radius 2 is 1.27 bits per heavy atom. The van der Waals surface area contributed by atoms with Crippen LogP contribution in [0.5, 0.6) is 0 Å². The molecule has 0 aromatic carbocycles. The van der Waals surface area contributed by atoms with Crippen molar-refractivity contribution >= 4 is 22.3 Å². The molecule has 0 radical (unpaired) electrons. The van der Waals surface area contributed by atoms with Crippen molar-refractivity contribution in [3.63, 3.8) is 0 Å². The smallest absolute Gasteiger partial charge is 0.207 e. The van der Waals surface area contributed by atoms with Gasteiger partial charge >= 0.3 is 0 Å². The molecule has 3 heteroatoms. The highest BCUT2D eigenvalue weighted by Crippen LogP contribution is 2.09. The molecule has 0 aromatic heterocycles. The summed E-state index contributed by atoms with van der Waals surface area (Å²) < 4.78 is 0. The summed E-state index contributed by atoms with van der Waals surface area (Å²) in [6.45, 7) is 0.842. The highest BCUT2D eigenvalue weighted by Gasteiger charge is 1.92. The summed E-state index contributed by atoms with van der Waals surface area (Å²) in [7, 11) is 0. The third kappa shape index (κ3) is 14.0. The van der Waals surface area contributed by atoms with Gasteiger partial charge in [0.2, 0.25) is 6.41 Å². The van der Waals surface area contributed by atoms with E-state index in [1.807, 2.05) is 0 Å². The lowest BCUT2D eigenvalue weighted by Gasteiger charge is -2.01. The van der Waals surface area contributed by atoms with Crippen LogP contribution in [0.25, 0.3) is 0 Å². The summed E-state index contributed by atoms with van der Waals surface area (Å²) in [6, 6.07) is 0. The standard InChI is InChI=1S/C12H24BrNO/c13-10-8-6-4-2-1-3-5-7-9-11-14-12-15/h12H,1-11H2,(H,14,15). The molecule has 90 valence electrons. The summed E-state index contributed by atoms with van der Waals surface area (Å²) >= 11 is 3.44. The van der Waals surface area contributed by atoms with Crippen molar-refractivity contribution in [2.75, 3.05) is 11.9 Å². The zero-order chi connectivity index (χ0) is 11.2. The highest BCUT2D eigenvalue weighted by atomic mass is 79.9. The van der Waals surface area contributed by atoms with Crippen molar-refractivity contribution in [1.82, 2.24) is 5.32 Å². The average Bonchev–Trinajstić information content (AvgIpc) is 2.26. The maximum Gasteiger partial charge on any atom is 0.207 e. The van der Waals surface area contributed by atoms with Crippen LogP contribution in [-0.2, 0) is 4.79 Å². The molecule has 0 aliphatic heterocycles. The van der Waals surface area contributed by atoms with Crippen LogP contribution < -0.4 is 5.32 Å². The number of hydrogen-bond acceptors (Lipinski definition) is 1. The van der Waals surface area contributed by atoms with Gasteiger partial charge in [-0.05, 0) is 12.8 Å². The number of amides is 1. The quantitative estimate of drug-likeness (QED) is 0.329. The fourth-order valence-electron chi connectivity index (χ4n) is 1.62. The first-order valence-electron chi connectivity index (χ1n) is 6.15. The molecule has 0 heterocycles. The van der Waals surface area contributed by atoms with E-state index in [2.05, 4.69) is 21.2 Å². The van der Waals surface area contributed by atoms with Crippen molar-refractivity contribution in [2.24, 2.45) is 0 Å². The summed E-state index contributed by atoms with van der Waals surface area (Å²) in [5, 5.41) is 3.84. The van der Waals surface area contributed by atoms with Crippen LogP contribution in [0.3, 0.4) is 0 Å². The second-order valence-electron chi connectivity index (χ2n) is 3.94. The van der Waals surface area contributed by atoms with Crippen LogP contribution in [0.4, 0.5) is 0 Å². The van der Waals surface area contributed by atoms with E-state index >= 15 is 0 Å². The molecule has 1 N–H and O–H groups in total. The van der Waals surface area contributed by atoms with E-state index in [4.69, 9.17) is 0 Å². The topological polar surface area (TPSA) is 29.1 Å². The van der Waals surface area contributed by atoms with E-state index in [1.165, 1.54) is 51.4 Å². The molecule has 0 bridgehead atoms. The Kier molecular flexibility index (Phi) is 13.9. The maximum atomic E-state index is 9.95. The Labute approximate surface area is 102 Å². The Morgan fingerprint density at radius 3 is 1.73 bits per heavy atom. The van der Waals surface area contributed by atoms with Gasteiger partial charge in [-0.1, -0.05) is 60.9 Å². The van der Waals surface area contributed by atoms with E-state index in [-0.39, 0.29) is 0 Å². The van der Waals surface area contributed by atoms with Gasteiger partial charge in [-0.25, -0.2) is 0 Å². The molecule has 0 spiro atoms. The van der Waals surface area contributed by atoms with Crippen LogP contribution in [0.2, 0.25) is 0 Å². The number of halogens is 1. The zero-order valence-electron chi connectivity index (χ0n) is 9.64. The van der Waals surface area contributed by atoms with Crippen molar-refractivity contribution in [2.45, 2.75) is 57.8 Å². The van der Waals surface area contributed by atoms with Gasteiger partial charge in [0.05, 0.1) is 0 Å². The molecule has 1 amide bonds. The van der Waals surface area contributed by atoms with Gasteiger partial charge < -0.3 is 5.32 Å². The van der Waals surface area contributed by atoms with Crippen molar-refractivity contribution in [3.8, 4) is 0 Å². The average molecular weight is 278 g/mol. The summed E-state index contributed by atoms with van der Waals surface area (Å²) in [5.74, 6) is 0. The summed E-state index contributed by atoms with van der Waals surface area (Å²) in [6.07, 6.45) is 12.7. The fourth-order valence-corrected chi connectivity index (χ4v) is 2.01. The molecule has 0 unspecified atom stereocenters. The minimum atomic E-state index is 0.782. The van der Waals surface area contributed by atoms with Gasteiger partial charge in [0.1, 0.15) is 0 Å². The lowest BCUT2D eigenvalue weighted by molar-refractivity contribution is -0.109. The number of hydrogen-bond donors (Lipinski definition) is 1. The van der Waals surface area contributed by atoms with Gasteiger partial charge in [-0.2, -0.15) is 0 Å². The molecular weight excluding hydrogens is 254 g/mol. The first kappa shape index (κ1) is 14.9. The van der Waals surface area contributed by atoms with E-state index in [0.29, 0.717) is 0 Å². The third-order valence-electron chi connectivity index (χ3n) is 2.54. The normalized spacial score (nSPS) is 10.2. The van der Waals surface area contributed by atoms with E-state index in [0.717, 1.165) is 24.7 Å². The predicted octanol–water partition coefficient (Wildman–Crippen LogP) is 3.64. The van der Waals surface area contributed by atoms with Crippen LogP contribution in [0.15, 0.2) is 0 Å². The predicted molar refractivity (Wildman–Crippen MR) is 69.4 cm³/mol. The number of carbonyl (C=O) groups excluding carboxylic acids is 1. The van der Waals surface area contributed by atoms with Crippen molar-refractivity contribution < 1.29 is 4.79 Å². The number of nitrogens with one attached hydrogen (secondary N) is 1. The Bertz CT molecular complexity index is 131. The lowest BCUT2D eigenvalue weighted by atomic mass is 10.1. The van der Waals surface area contributed by atoms with Gasteiger partial charge in [-0.3, -0.25) is 4.79 Å². The van der Waals surface area contributed by atoms with E-state index in [9.17, 15) is 4.79 Å². The van der Waals surface area contributed by atoms with Gasteiger partial charge in [0.15, 0.2) is 0 Å². The number of unbranched alkanes of at least 4 members (excludes halogenated alkanes) is 8. The molecule has 0 fully saturated rings. The first-order valence-corrected chi connectivity index (χ1v) is 7.27. The molecule has 0 aliphatic carbocycles. The fraction of sp³-hybridized carbons (Fsp3) is 0.917. The molecule has 2 nitrogen and oxygen atoms in total. The zero-order valence-corrected chi connectivity index (χ0v) is 11.2. The van der Waals surface area contributed by atoms with E-state index in [1.54, 1.807) is 0 Å². The maximum absolute atomic E-state index is 9.95. The Balaban J connectivity index is 2.83. The third-order valence-corrected chi connectivity index (χ3v) is 3.10. The first-order chi connectivity index (χ1) is 7.41. The van der Waals surface area contributed by atoms with Crippen LogP contribution in [0.1, 0.15) is 57.8 Å². The molecule has 0 saturated carbocycles. The minimum absolute atomic E-state index is 0.782. The van der Waals surface area contributed by atoms with Crippen LogP contribution in [0, 0.1) is 0 Å². The molecule has 0 aromatic rings. The van der Waals surface area contributed by atoms with Gasteiger partial charge in [0.25, 0.3) is 0 Å². The Hall–Kier alpha value is -0.0500. The second kappa shape index (κ2) is 13.9. The van der Waals surface area contributed by atoms with Crippen molar-refractivity contribution in [3.05, 3.63) is 0 Å². The number of carbonyl (C=O) groups is 1. The highest BCUT2D eigenvalue weighted by molar-refractivity contribution is 9.09. The largest absolute Gasteiger partial charge is 0.359 e. The molecule has 0 atom stereocenters. The van der Waals surface area contributed by atoms with E-state index < -0.39 is 0 Å². The summed E-state index contributed by atoms with van der Waals surface area (Å²) in [5.41, 5.74) is 0. The van der Waals surface area contributed by atoms with Gasteiger partial charge in [0, 0.05) is 11.9 Å². The number of rotatable bonds is 12. The minimum Gasteiger partial charge on any atom is -0.359 e. The van der Waals surface area contributed by atoms with Gasteiger partial charge in [-0.15, -0.1) is 0 Å². The molecule has 0 saturated heterocycles. The molecule has 0 aliphatic rings. The van der Waals surface area contributed by atoms with Crippen LogP contribution in [-0.4, -0.2) is 18.3 Å². The second-order valence-corrected chi connectivity index (χ2v) is 4.74. The molecular formula is C12H24BrNO. The molecule has 15 heavy (non-hydrogen) atoms. The monoisotopic (exact) mass is 277 g/mol. The van der Waals surface area contributed by atoms with Crippen LogP contribution >= 0.6 is 15.9 Å². The number of alkyl halides is 1. The Morgan fingerprint density at radius 1 is 0.800 bits per heavy atom. The molecule has 0 rings (SSSR count). The summed E-state index contributed by atoms with van der Waals surface area (Å²) in [4.78, 5) is 9.95. The SMILES string of the molecule is O=CNCCCCCCCCCCCBr. The van der Waals surface area contributed by atoms with Crippen molar-refractivity contribution in [1.29, 1.82) is 0 Å².